The smallest absolute Gasteiger partial charge is 0.264 e. The summed E-state index contributed by atoms with van der Waals surface area (Å²) in [5, 5.41) is 2.95. The summed E-state index contributed by atoms with van der Waals surface area (Å²) in [7, 11) is 1.62. The highest BCUT2D eigenvalue weighted by atomic mass is 79.9. The van der Waals surface area contributed by atoms with Crippen molar-refractivity contribution in [2.45, 2.75) is 32.7 Å². The largest absolute Gasteiger partial charge is 0.348 e. The summed E-state index contributed by atoms with van der Waals surface area (Å²) in [6, 6.07) is 3.56. The van der Waals surface area contributed by atoms with Crippen molar-refractivity contribution in [3.05, 3.63) is 20.8 Å². The van der Waals surface area contributed by atoms with Crippen molar-refractivity contribution in [2.75, 3.05) is 20.1 Å². The molecule has 1 unspecified atom stereocenters. The van der Waals surface area contributed by atoms with Gasteiger partial charge in [-0.3, -0.25) is 9.59 Å². The molecule has 7 heteroatoms. The molecule has 0 saturated heterocycles. The maximum Gasteiger partial charge on any atom is 0.264 e. The lowest BCUT2D eigenvalue weighted by molar-refractivity contribution is -0.123. The van der Waals surface area contributed by atoms with Gasteiger partial charge in [0.1, 0.15) is 0 Å². The van der Waals surface area contributed by atoms with Gasteiger partial charge in [-0.2, -0.15) is 0 Å². The van der Waals surface area contributed by atoms with Crippen LogP contribution < -0.4 is 11.1 Å². The molecule has 0 aliphatic rings. The summed E-state index contributed by atoms with van der Waals surface area (Å²) in [6.07, 6.45) is 0.796. The molecule has 0 fully saturated rings. The molecule has 0 radical (unpaired) electrons. The van der Waals surface area contributed by atoms with E-state index in [9.17, 15) is 9.59 Å². The second-order valence-electron chi connectivity index (χ2n) is 6.18. The van der Waals surface area contributed by atoms with Crippen molar-refractivity contribution >= 4 is 39.1 Å². The Balaban J connectivity index is 2.61. The molecule has 5 nitrogen and oxygen atoms in total. The van der Waals surface area contributed by atoms with Gasteiger partial charge >= 0.3 is 0 Å². The minimum atomic E-state index is -0.443. The Morgan fingerprint density at radius 3 is 2.55 bits per heavy atom. The number of thiophene rings is 1. The fraction of sp³-hybridized carbons (Fsp3) is 0.600. The molecule has 22 heavy (non-hydrogen) atoms. The third-order valence-corrected chi connectivity index (χ3v) is 4.87. The molecular weight excluding hydrogens is 366 g/mol. The zero-order valence-electron chi connectivity index (χ0n) is 13.5. The number of rotatable bonds is 7. The van der Waals surface area contributed by atoms with Crippen LogP contribution in [0.25, 0.3) is 0 Å². The second-order valence-corrected chi connectivity index (χ2v) is 8.64. The van der Waals surface area contributed by atoms with Crippen LogP contribution in [0.15, 0.2) is 15.9 Å². The Labute approximate surface area is 144 Å². The quantitative estimate of drug-likeness (QED) is 0.751. The normalized spacial score (nSPS) is 13.8. The summed E-state index contributed by atoms with van der Waals surface area (Å²) in [4.78, 5) is 26.4. The topological polar surface area (TPSA) is 75.4 Å². The first-order chi connectivity index (χ1) is 10.2. The van der Waals surface area contributed by atoms with Crippen molar-refractivity contribution in [3.63, 3.8) is 0 Å². The SMILES string of the molecule is CC(C)CC(C)(CN)NC(=O)CN(C)C(=O)c1ccc(Br)s1. The average molecular weight is 390 g/mol. The van der Waals surface area contributed by atoms with Gasteiger partial charge < -0.3 is 16.0 Å². The molecule has 1 heterocycles. The van der Waals surface area contributed by atoms with E-state index < -0.39 is 5.54 Å². The number of amides is 2. The Morgan fingerprint density at radius 2 is 2.09 bits per heavy atom. The predicted octanol–water partition coefficient (Wildman–Crippen LogP) is 2.46. The summed E-state index contributed by atoms with van der Waals surface area (Å²) < 4.78 is 0.890. The molecule has 0 aliphatic heterocycles. The van der Waals surface area contributed by atoms with Gasteiger partial charge in [0.25, 0.3) is 5.91 Å². The van der Waals surface area contributed by atoms with Gasteiger partial charge in [-0.15, -0.1) is 11.3 Å². The fourth-order valence-electron chi connectivity index (χ4n) is 2.37. The summed E-state index contributed by atoms with van der Waals surface area (Å²) in [5.74, 6) is 0.0703. The number of likely N-dealkylation sites (N-methyl/N-ethyl adjacent to an activating group) is 1. The lowest BCUT2D eigenvalue weighted by atomic mass is 9.91. The van der Waals surface area contributed by atoms with E-state index in [0.29, 0.717) is 17.3 Å². The summed E-state index contributed by atoms with van der Waals surface area (Å²) in [6.45, 7) is 6.49. The monoisotopic (exact) mass is 389 g/mol. The van der Waals surface area contributed by atoms with Gasteiger partial charge in [0, 0.05) is 19.1 Å². The van der Waals surface area contributed by atoms with Gasteiger partial charge in [0.15, 0.2) is 0 Å². The second kappa shape index (κ2) is 8.08. The van der Waals surface area contributed by atoms with Crippen LogP contribution in [0.1, 0.15) is 36.9 Å². The van der Waals surface area contributed by atoms with Crippen LogP contribution in [-0.2, 0) is 4.79 Å². The van der Waals surface area contributed by atoms with Crippen LogP contribution in [0.4, 0.5) is 0 Å². The van der Waals surface area contributed by atoms with Crippen molar-refractivity contribution in [1.82, 2.24) is 10.2 Å². The Bertz CT molecular complexity index is 533. The minimum absolute atomic E-state index is 0.0159. The minimum Gasteiger partial charge on any atom is -0.348 e. The number of hydrogen-bond acceptors (Lipinski definition) is 4. The number of carbonyl (C=O) groups is 2. The van der Waals surface area contributed by atoms with Crippen LogP contribution in [0.5, 0.6) is 0 Å². The van der Waals surface area contributed by atoms with Crippen LogP contribution in [0, 0.1) is 5.92 Å². The molecule has 1 atom stereocenters. The average Bonchev–Trinajstić information content (AvgIpc) is 2.83. The van der Waals surface area contributed by atoms with Crippen LogP contribution in [-0.4, -0.2) is 42.4 Å². The highest BCUT2D eigenvalue weighted by Gasteiger charge is 2.27. The molecular formula is C15H24BrN3O2S. The third kappa shape index (κ3) is 5.70. The number of carbonyl (C=O) groups excluding carboxylic acids is 2. The number of nitrogens with zero attached hydrogens (tertiary/aromatic N) is 1. The number of halogens is 1. The van der Waals surface area contributed by atoms with Crippen molar-refractivity contribution in [2.24, 2.45) is 11.7 Å². The fourth-order valence-corrected chi connectivity index (χ4v) is 3.75. The van der Waals surface area contributed by atoms with Gasteiger partial charge in [0.05, 0.1) is 15.2 Å². The summed E-state index contributed by atoms with van der Waals surface area (Å²) in [5.41, 5.74) is 5.35. The molecule has 2 amide bonds. The molecule has 1 aromatic heterocycles. The van der Waals surface area contributed by atoms with E-state index in [1.807, 2.05) is 13.0 Å². The van der Waals surface area contributed by atoms with Crippen LogP contribution >= 0.6 is 27.3 Å². The lowest BCUT2D eigenvalue weighted by Gasteiger charge is -2.32. The van der Waals surface area contributed by atoms with E-state index in [2.05, 4.69) is 35.1 Å². The Kier molecular flexibility index (Phi) is 7.02. The highest BCUT2D eigenvalue weighted by Crippen LogP contribution is 2.23. The third-order valence-electron chi connectivity index (χ3n) is 3.26. The van der Waals surface area contributed by atoms with E-state index in [1.54, 1.807) is 13.1 Å². The first-order valence-corrected chi connectivity index (χ1v) is 8.79. The highest BCUT2D eigenvalue weighted by molar-refractivity contribution is 9.11. The van der Waals surface area contributed by atoms with E-state index >= 15 is 0 Å². The van der Waals surface area contributed by atoms with E-state index in [0.717, 1.165) is 10.2 Å². The Morgan fingerprint density at radius 1 is 1.45 bits per heavy atom. The number of hydrogen-bond donors (Lipinski definition) is 2. The number of nitrogens with two attached hydrogens (primary N) is 1. The lowest BCUT2D eigenvalue weighted by Crippen LogP contribution is -2.54. The van der Waals surface area contributed by atoms with Crippen molar-refractivity contribution in [3.8, 4) is 0 Å². The molecule has 1 aromatic rings. The van der Waals surface area contributed by atoms with Gasteiger partial charge in [-0.25, -0.2) is 0 Å². The van der Waals surface area contributed by atoms with Gasteiger partial charge in [-0.1, -0.05) is 13.8 Å². The van der Waals surface area contributed by atoms with Gasteiger partial charge in [-0.05, 0) is 47.3 Å². The zero-order chi connectivity index (χ0) is 16.9. The standard InChI is InChI=1S/C15H24BrN3O2S/c1-10(2)7-15(3,9-17)18-13(20)8-19(4)14(21)11-5-6-12(16)22-11/h5-6,10H,7-9,17H2,1-4H3,(H,18,20). The molecule has 3 N–H and O–H groups in total. The molecule has 124 valence electrons. The van der Waals surface area contributed by atoms with Crippen LogP contribution in [0.3, 0.4) is 0 Å². The molecule has 0 saturated carbocycles. The molecule has 0 aromatic carbocycles. The molecule has 1 rings (SSSR count). The van der Waals surface area contributed by atoms with Crippen molar-refractivity contribution in [1.29, 1.82) is 0 Å². The zero-order valence-corrected chi connectivity index (χ0v) is 15.9. The maximum absolute atomic E-state index is 12.2. The van der Waals surface area contributed by atoms with E-state index in [1.165, 1.54) is 16.2 Å². The van der Waals surface area contributed by atoms with E-state index in [4.69, 9.17) is 5.73 Å². The molecule has 0 bridgehead atoms. The molecule has 0 spiro atoms. The first kappa shape index (κ1) is 19.1. The number of nitrogens with one attached hydrogen (secondary N) is 1. The van der Waals surface area contributed by atoms with Gasteiger partial charge in [0.2, 0.25) is 5.91 Å². The van der Waals surface area contributed by atoms with Crippen molar-refractivity contribution < 1.29 is 9.59 Å². The molecule has 0 aliphatic carbocycles. The van der Waals surface area contributed by atoms with E-state index in [-0.39, 0.29) is 18.4 Å². The summed E-state index contributed by atoms with van der Waals surface area (Å²) >= 11 is 4.68. The Hall–Kier alpha value is -0.920. The maximum atomic E-state index is 12.2. The first-order valence-electron chi connectivity index (χ1n) is 7.19. The van der Waals surface area contributed by atoms with Crippen LogP contribution in [0.2, 0.25) is 0 Å². The predicted molar refractivity (Wildman–Crippen MR) is 94.0 cm³/mol.